The number of halogens is 1. The van der Waals surface area contributed by atoms with Crippen LogP contribution in [0.1, 0.15) is 65.7 Å². The molecule has 0 saturated carbocycles. The molecule has 2 aromatic carbocycles. The maximum Gasteiger partial charge on any atom is 0.293 e. The topological polar surface area (TPSA) is 80.1 Å². The van der Waals surface area contributed by atoms with Gasteiger partial charge >= 0.3 is 0 Å². The van der Waals surface area contributed by atoms with Crippen molar-refractivity contribution >= 4 is 11.8 Å². The van der Waals surface area contributed by atoms with Crippen molar-refractivity contribution in [1.29, 1.82) is 0 Å². The molecule has 35 heavy (non-hydrogen) atoms. The molecule has 0 spiro atoms. The van der Waals surface area contributed by atoms with Gasteiger partial charge in [-0.2, -0.15) is 0 Å². The third kappa shape index (κ3) is 5.42. The lowest BCUT2D eigenvalue weighted by Gasteiger charge is -2.30. The second-order valence-electron chi connectivity index (χ2n) is 9.48. The van der Waals surface area contributed by atoms with E-state index in [0.29, 0.717) is 43.2 Å². The molecule has 0 bridgehead atoms. The van der Waals surface area contributed by atoms with E-state index in [1.807, 2.05) is 31.2 Å². The minimum atomic E-state index is -0.275. The Labute approximate surface area is 205 Å². The Morgan fingerprint density at radius 3 is 2.51 bits per heavy atom. The van der Waals surface area contributed by atoms with Gasteiger partial charge in [0.1, 0.15) is 11.6 Å². The SMILES string of the molecule is Cc1ccc(CNC(=O)C2CCN(C(=O)c3nc(C)n(-c4ccccc4C(C)C)n3)CC2)cc1F. The normalized spacial score (nSPS) is 14.4. The van der Waals surface area contributed by atoms with Gasteiger partial charge in [0, 0.05) is 25.6 Å². The van der Waals surface area contributed by atoms with E-state index in [2.05, 4.69) is 35.3 Å². The molecular formula is C27H32FN5O2. The summed E-state index contributed by atoms with van der Waals surface area (Å²) in [7, 11) is 0. The summed E-state index contributed by atoms with van der Waals surface area (Å²) in [6.07, 6.45) is 1.13. The van der Waals surface area contributed by atoms with Crippen LogP contribution in [0.4, 0.5) is 4.39 Å². The predicted molar refractivity (Wildman–Crippen MR) is 132 cm³/mol. The minimum Gasteiger partial charge on any atom is -0.352 e. The number of benzene rings is 2. The number of para-hydroxylation sites is 1. The van der Waals surface area contributed by atoms with Gasteiger partial charge in [-0.3, -0.25) is 9.59 Å². The van der Waals surface area contributed by atoms with Crippen molar-refractivity contribution < 1.29 is 14.0 Å². The van der Waals surface area contributed by atoms with Gasteiger partial charge in [-0.05, 0) is 61.4 Å². The van der Waals surface area contributed by atoms with Crippen LogP contribution in [-0.4, -0.2) is 44.6 Å². The number of nitrogens with zero attached hydrogens (tertiary/aromatic N) is 4. The Bertz CT molecular complexity index is 1230. The molecule has 184 valence electrons. The van der Waals surface area contributed by atoms with Gasteiger partial charge in [0.2, 0.25) is 11.7 Å². The molecule has 2 heterocycles. The first-order valence-corrected chi connectivity index (χ1v) is 12.1. The van der Waals surface area contributed by atoms with Crippen LogP contribution in [0.3, 0.4) is 0 Å². The minimum absolute atomic E-state index is 0.0679. The van der Waals surface area contributed by atoms with Gasteiger partial charge in [0.25, 0.3) is 5.91 Å². The highest BCUT2D eigenvalue weighted by atomic mass is 19.1. The maximum atomic E-state index is 13.7. The molecule has 1 saturated heterocycles. The van der Waals surface area contributed by atoms with Crippen LogP contribution in [0.25, 0.3) is 5.69 Å². The first kappa shape index (κ1) is 24.6. The van der Waals surface area contributed by atoms with Crippen LogP contribution in [0.5, 0.6) is 0 Å². The Hall–Kier alpha value is -3.55. The summed E-state index contributed by atoms with van der Waals surface area (Å²) in [6, 6.07) is 13.0. The Morgan fingerprint density at radius 2 is 1.83 bits per heavy atom. The number of nitrogens with one attached hydrogen (secondary N) is 1. The predicted octanol–water partition coefficient (Wildman–Crippen LogP) is 4.32. The highest BCUT2D eigenvalue weighted by molar-refractivity contribution is 5.90. The number of piperidine rings is 1. The first-order chi connectivity index (χ1) is 16.7. The summed E-state index contributed by atoms with van der Waals surface area (Å²) >= 11 is 0. The molecule has 8 heteroatoms. The number of likely N-dealkylation sites (tertiary alicyclic amines) is 1. The Morgan fingerprint density at radius 1 is 1.11 bits per heavy atom. The lowest BCUT2D eigenvalue weighted by Crippen LogP contribution is -2.43. The van der Waals surface area contributed by atoms with Crippen molar-refractivity contribution in [2.24, 2.45) is 5.92 Å². The first-order valence-electron chi connectivity index (χ1n) is 12.1. The Balaban J connectivity index is 1.36. The van der Waals surface area contributed by atoms with Crippen molar-refractivity contribution in [2.75, 3.05) is 13.1 Å². The van der Waals surface area contributed by atoms with Crippen molar-refractivity contribution in [1.82, 2.24) is 25.0 Å². The largest absolute Gasteiger partial charge is 0.352 e. The number of carbonyl (C=O) groups is 2. The summed E-state index contributed by atoms with van der Waals surface area (Å²) in [5, 5.41) is 7.43. The third-order valence-corrected chi connectivity index (χ3v) is 6.60. The van der Waals surface area contributed by atoms with E-state index in [0.717, 1.165) is 16.8 Å². The lowest BCUT2D eigenvalue weighted by molar-refractivity contribution is -0.126. The zero-order valence-corrected chi connectivity index (χ0v) is 20.7. The van der Waals surface area contributed by atoms with E-state index < -0.39 is 0 Å². The standard InChI is InChI=1S/C27H32FN5O2/c1-17(2)22-7-5-6-8-24(22)33-19(4)30-25(31-33)27(35)32-13-11-21(12-14-32)26(34)29-16-20-10-9-18(3)23(28)15-20/h5-10,15,17,21H,11-14,16H2,1-4H3,(H,29,34). The number of carbonyl (C=O) groups excluding carboxylic acids is 2. The summed E-state index contributed by atoms with van der Waals surface area (Å²) < 4.78 is 15.5. The van der Waals surface area contributed by atoms with E-state index in [-0.39, 0.29) is 35.9 Å². The number of hydrogen-bond acceptors (Lipinski definition) is 4. The molecule has 2 amide bonds. The highest BCUT2D eigenvalue weighted by Gasteiger charge is 2.30. The van der Waals surface area contributed by atoms with Crippen LogP contribution < -0.4 is 5.32 Å². The average molecular weight is 478 g/mol. The number of hydrogen-bond donors (Lipinski definition) is 1. The van der Waals surface area contributed by atoms with E-state index in [1.54, 1.807) is 22.6 Å². The molecule has 1 aliphatic rings. The zero-order valence-electron chi connectivity index (χ0n) is 20.7. The van der Waals surface area contributed by atoms with Gasteiger partial charge in [-0.25, -0.2) is 14.1 Å². The average Bonchev–Trinajstić information content (AvgIpc) is 3.25. The Kier molecular flexibility index (Phi) is 7.28. The fraction of sp³-hybridized carbons (Fsp3) is 0.407. The number of amides is 2. The molecule has 7 nitrogen and oxygen atoms in total. The summed E-state index contributed by atoms with van der Waals surface area (Å²) in [6.45, 7) is 9.01. The van der Waals surface area contributed by atoms with E-state index >= 15 is 0 Å². The molecule has 0 radical (unpaired) electrons. The second kappa shape index (κ2) is 10.4. The van der Waals surface area contributed by atoms with Gasteiger partial charge in [-0.1, -0.05) is 44.2 Å². The fourth-order valence-electron chi connectivity index (χ4n) is 4.44. The third-order valence-electron chi connectivity index (χ3n) is 6.60. The monoisotopic (exact) mass is 477 g/mol. The summed E-state index contributed by atoms with van der Waals surface area (Å²) in [4.78, 5) is 31.9. The van der Waals surface area contributed by atoms with Crippen LogP contribution in [0.2, 0.25) is 0 Å². The number of aromatic nitrogens is 3. The molecule has 0 aliphatic carbocycles. The summed E-state index contributed by atoms with van der Waals surface area (Å²) in [5.74, 6) is 0.393. The van der Waals surface area contributed by atoms with Gasteiger partial charge < -0.3 is 10.2 Å². The quantitative estimate of drug-likeness (QED) is 0.574. The van der Waals surface area contributed by atoms with Gasteiger partial charge in [-0.15, -0.1) is 5.10 Å². The molecule has 1 fully saturated rings. The van der Waals surface area contributed by atoms with Crippen LogP contribution in [0.15, 0.2) is 42.5 Å². The maximum absolute atomic E-state index is 13.7. The number of aryl methyl sites for hydroxylation is 2. The van der Waals surface area contributed by atoms with Crippen molar-refractivity contribution in [3.63, 3.8) is 0 Å². The zero-order chi connectivity index (χ0) is 25.1. The van der Waals surface area contributed by atoms with Gasteiger partial charge in [0.05, 0.1) is 5.69 Å². The molecule has 0 unspecified atom stereocenters. The van der Waals surface area contributed by atoms with Gasteiger partial charge in [0.15, 0.2) is 0 Å². The smallest absolute Gasteiger partial charge is 0.293 e. The fourth-order valence-corrected chi connectivity index (χ4v) is 4.44. The van der Waals surface area contributed by atoms with E-state index in [4.69, 9.17) is 0 Å². The van der Waals surface area contributed by atoms with Crippen molar-refractivity contribution in [2.45, 2.75) is 53.0 Å². The molecular weight excluding hydrogens is 445 g/mol. The summed E-state index contributed by atoms with van der Waals surface area (Å²) in [5.41, 5.74) is 3.37. The van der Waals surface area contributed by atoms with E-state index in [9.17, 15) is 14.0 Å². The second-order valence-corrected chi connectivity index (χ2v) is 9.48. The van der Waals surface area contributed by atoms with Crippen LogP contribution in [-0.2, 0) is 11.3 Å². The van der Waals surface area contributed by atoms with E-state index in [1.165, 1.54) is 6.07 Å². The number of rotatable bonds is 6. The molecule has 3 aromatic rings. The molecule has 1 aromatic heterocycles. The van der Waals surface area contributed by atoms with Crippen molar-refractivity contribution in [3.05, 3.63) is 76.6 Å². The van der Waals surface area contributed by atoms with Crippen LogP contribution >= 0.6 is 0 Å². The molecule has 4 rings (SSSR count). The molecule has 0 atom stereocenters. The van der Waals surface area contributed by atoms with Crippen LogP contribution in [0, 0.1) is 25.6 Å². The lowest BCUT2D eigenvalue weighted by atomic mass is 9.95. The highest BCUT2D eigenvalue weighted by Crippen LogP contribution is 2.24. The molecule has 1 aliphatic heterocycles. The molecule has 1 N–H and O–H groups in total. The van der Waals surface area contributed by atoms with Crippen molar-refractivity contribution in [3.8, 4) is 5.69 Å².